The zero-order chi connectivity index (χ0) is 15.5. The molecule has 1 aliphatic heterocycles. The molecule has 1 heterocycles. The van der Waals surface area contributed by atoms with Crippen molar-refractivity contribution in [2.24, 2.45) is 0 Å². The Bertz CT molecular complexity index is 609. The summed E-state index contributed by atoms with van der Waals surface area (Å²) in [5.41, 5.74) is -0.0241. The van der Waals surface area contributed by atoms with E-state index in [1.165, 1.54) is 35.6 Å². The number of benzene rings is 1. The van der Waals surface area contributed by atoms with Gasteiger partial charge in [0.05, 0.1) is 10.5 Å². The molecule has 116 valence electrons. The molecule has 1 aliphatic rings. The Morgan fingerprint density at radius 1 is 1.33 bits per heavy atom. The number of rotatable bonds is 6. The highest BCUT2D eigenvalue weighted by atomic mass is 32.2. The predicted octanol–water partition coefficient (Wildman–Crippen LogP) is 1.10. The Kier molecular flexibility index (Phi) is 4.97. The molecule has 1 fully saturated rings. The van der Waals surface area contributed by atoms with Crippen molar-refractivity contribution in [3.8, 4) is 0 Å². The van der Waals surface area contributed by atoms with Gasteiger partial charge in [-0.15, -0.1) is 0 Å². The molecule has 2 rings (SSSR count). The van der Waals surface area contributed by atoms with Gasteiger partial charge in [-0.2, -0.15) is 4.31 Å². The number of nitrogens with zero attached hydrogens (tertiary/aromatic N) is 2. The van der Waals surface area contributed by atoms with Gasteiger partial charge in [-0.1, -0.05) is 6.07 Å². The summed E-state index contributed by atoms with van der Waals surface area (Å²) in [6.45, 7) is 3.14. The van der Waals surface area contributed by atoms with Crippen LogP contribution >= 0.6 is 0 Å². The Labute approximate surface area is 125 Å². The fourth-order valence-electron chi connectivity index (χ4n) is 2.38. The average molecular weight is 312 g/mol. The van der Waals surface area contributed by atoms with Crippen molar-refractivity contribution in [2.75, 3.05) is 33.2 Å². The minimum Gasteiger partial charge on any atom is -0.478 e. The van der Waals surface area contributed by atoms with E-state index in [1.807, 2.05) is 0 Å². The number of carboxylic acid groups (broad SMARTS) is 1. The topological polar surface area (TPSA) is 77.9 Å². The van der Waals surface area contributed by atoms with Crippen LogP contribution in [0.4, 0.5) is 0 Å². The van der Waals surface area contributed by atoms with E-state index in [9.17, 15) is 13.2 Å². The second-order valence-corrected chi connectivity index (χ2v) is 7.25. The Morgan fingerprint density at radius 3 is 2.62 bits per heavy atom. The third kappa shape index (κ3) is 3.81. The molecule has 1 saturated heterocycles. The molecule has 21 heavy (non-hydrogen) atoms. The van der Waals surface area contributed by atoms with Gasteiger partial charge in [-0.05, 0) is 44.1 Å². The lowest BCUT2D eigenvalue weighted by molar-refractivity contribution is 0.0696. The Hall–Kier alpha value is -1.44. The largest absolute Gasteiger partial charge is 0.478 e. The third-order valence-electron chi connectivity index (χ3n) is 3.72. The number of aromatic carboxylic acids is 1. The normalized spacial score (nSPS) is 16.5. The van der Waals surface area contributed by atoms with Crippen LogP contribution in [0.25, 0.3) is 0 Å². The number of carboxylic acids is 1. The first-order valence-electron chi connectivity index (χ1n) is 6.93. The molecule has 7 heteroatoms. The second kappa shape index (κ2) is 6.55. The summed E-state index contributed by atoms with van der Waals surface area (Å²) < 4.78 is 26.1. The third-order valence-corrected chi connectivity index (χ3v) is 5.57. The van der Waals surface area contributed by atoms with Crippen molar-refractivity contribution in [3.05, 3.63) is 29.8 Å². The first kappa shape index (κ1) is 15.9. The maximum absolute atomic E-state index is 12.4. The highest BCUT2D eigenvalue weighted by Crippen LogP contribution is 2.16. The molecule has 6 nitrogen and oxygen atoms in total. The lowest BCUT2D eigenvalue weighted by Crippen LogP contribution is -2.35. The number of hydrogen-bond donors (Lipinski definition) is 1. The van der Waals surface area contributed by atoms with Crippen LogP contribution in [0, 0.1) is 0 Å². The van der Waals surface area contributed by atoms with E-state index in [4.69, 9.17) is 5.11 Å². The zero-order valence-electron chi connectivity index (χ0n) is 12.0. The Morgan fingerprint density at radius 2 is 2.00 bits per heavy atom. The molecule has 0 aromatic heterocycles. The first-order valence-corrected chi connectivity index (χ1v) is 8.37. The van der Waals surface area contributed by atoms with Crippen molar-refractivity contribution in [1.29, 1.82) is 0 Å². The van der Waals surface area contributed by atoms with E-state index in [2.05, 4.69) is 4.90 Å². The zero-order valence-corrected chi connectivity index (χ0v) is 12.8. The number of likely N-dealkylation sites (N-methyl/N-ethyl adjacent to an activating group) is 1. The molecule has 0 atom stereocenters. The molecular weight excluding hydrogens is 292 g/mol. The molecule has 0 radical (unpaired) electrons. The summed E-state index contributed by atoms with van der Waals surface area (Å²) in [6.07, 6.45) is 2.33. The van der Waals surface area contributed by atoms with Gasteiger partial charge in [0.1, 0.15) is 0 Å². The van der Waals surface area contributed by atoms with E-state index in [0.29, 0.717) is 13.1 Å². The van der Waals surface area contributed by atoms with Crippen LogP contribution in [-0.2, 0) is 10.0 Å². The molecule has 0 saturated carbocycles. The van der Waals surface area contributed by atoms with Crippen molar-refractivity contribution >= 4 is 16.0 Å². The van der Waals surface area contributed by atoms with Crippen LogP contribution in [0.3, 0.4) is 0 Å². The average Bonchev–Trinajstić information content (AvgIpc) is 2.98. The molecule has 0 amide bonds. The van der Waals surface area contributed by atoms with Gasteiger partial charge in [0, 0.05) is 20.1 Å². The van der Waals surface area contributed by atoms with Crippen molar-refractivity contribution in [2.45, 2.75) is 17.7 Å². The number of sulfonamides is 1. The van der Waals surface area contributed by atoms with E-state index >= 15 is 0 Å². The molecule has 1 N–H and O–H groups in total. The van der Waals surface area contributed by atoms with E-state index in [0.717, 1.165) is 25.9 Å². The summed E-state index contributed by atoms with van der Waals surface area (Å²) in [4.78, 5) is 13.2. The lowest BCUT2D eigenvalue weighted by atomic mass is 10.2. The quantitative estimate of drug-likeness (QED) is 0.851. The minimum atomic E-state index is -3.64. The first-order chi connectivity index (χ1) is 9.91. The number of hydrogen-bond acceptors (Lipinski definition) is 4. The van der Waals surface area contributed by atoms with Crippen LogP contribution in [0.5, 0.6) is 0 Å². The molecule has 0 aliphatic carbocycles. The standard InChI is InChI=1S/C14H20N2O4S/c1-15(9-10-16-7-2-3-8-16)21(19,20)13-6-4-5-12(11-13)14(17)18/h4-6,11H,2-3,7-10H2,1H3,(H,17,18). The van der Waals surface area contributed by atoms with Crippen LogP contribution in [-0.4, -0.2) is 61.9 Å². The van der Waals surface area contributed by atoms with Crippen LogP contribution in [0.15, 0.2) is 29.2 Å². The second-order valence-electron chi connectivity index (χ2n) is 5.21. The number of carbonyl (C=O) groups is 1. The fraction of sp³-hybridized carbons (Fsp3) is 0.500. The summed E-state index contributed by atoms with van der Waals surface area (Å²) in [6, 6.07) is 5.45. The van der Waals surface area contributed by atoms with Crippen molar-refractivity contribution < 1.29 is 18.3 Å². The van der Waals surface area contributed by atoms with Crippen molar-refractivity contribution in [3.63, 3.8) is 0 Å². The summed E-state index contributed by atoms with van der Waals surface area (Å²) in [5, 5.41) is 8.95. The monoisotopic (exact) mass is 312 g/mol. The van der Waals surface area contributed by atoms with Gasteiger partial charge in [0.25, 0.3) is 0 Å². The molecule has 1 aromatic carbocycles. The van der Waals surface area contributed by atoms with E-state index < -0.39 is 16.0 Å². The maximum atomic E-state index is 12.4. The van der Waals surface area contributed by atoms with Gasteiger partial charge in [0.2, 0.25) is 10.0 Å². The summed E-state index contributed by atoms with van der Waals surface area (Å²) in [5.74, 6) is -1.13. The maximum Gasteiger partial charge on any atom is 0.335 e. The fourth-order valence-corrected chi connectivity index (χ4v) is 3.59. The van der Waals surface area contributed by atoms with Crippen LogP contribution in [0.2, 0.25) is 0 Å². The van der Waals surface area contributed by atoms with Gasteiger partial charge >= 0.3 is 5.97 Å². The SMILES string of the molecule is CN(CCN1CCCC1)S(=O)(=O)c1cccc(C(=O)O)c1. The van der Waals surface area contributed by atoms with Gasteiger partial charge in [-0.3, -0.25) is 0 Å². The summed E-state index contributed by atoms with van der Waals surface area (Å²) in [7, 11) is -2.12. The van der Waals surface area contributed by atoms with Gasteiger partial charge in [0.15, 0.2) is 0 Å². The minimum absolute atomic E-state index is 0.0197. The van der Waals surface area contributed by atoms with Gasteiger partial charge in [-0.25, -0.2) is 13.2 Å². The highest BCUT2D eigenvalue weighted by molar-refractivity contribution is 7.89. The smallest absolute Gasteiger partial charge is 0.335 e. The number of likely N-dealkylation sites (tertiary alicyclic amines) is 1. The predicted molar refractivity (Wildman–Crippen MR) is 78.9 cm³/mol. The Balaban J connectivity index is 2.08. The van der Waals surface area contributed by atoms with Gasteiger partial charge < -0.3 is 10.0 Å². The van der Waals surface area contributed by atoms with E-state index in [-0.39, 0.29) is 10.5 Å². The molecule has 0 spiro atoms. The highest BCUT2D eigenvalue weighted by Gasteiger charge is 2.22. The molecule has 0 unspecified atom stereocenters. The summed E-state index contributed by atoms with van der Waals surface area (Å²) >= 11 is 0. The molecule has 1 aromatic rings. The molecule has 0 bridgehead atoms. The molecular formula is C14H20N2O4S. The lowest BCUT2D eigenvalue weighted by Gasteiger charge is -2.21. The van der Waals surface area contributed by atoms with Crippen molar-refractivity contribution in [1.82, 2.24) is 9.21 Å². The van der Waals surface area contributed by atoms with Crippen LogP contribution < -0.4 is 0 Å². The van der Waals surface area contributed by atoms with E-state index in [1.54, 1.807) is 0 Å². The van der Waals surface area contributed by atoms with Crippen LogP contribution in [0.1, 0.15) is 23.2 Å².